The molecule has 1 aliphatic carbocycles. The summed E-state index contributed by atoms with van der Waals surface area (Å²) in [6.45, 7) is 5.78. The van der Waals surface area contributed by atoms with Crippen LogP contribution < -0.4 is 14.8 Å². The average Bonchev–Trinajstić information content (AvgIpc) is 2.86. The number of carboxylic acids is 2. The summed E-state index contributed by atoms with van der Waals surface area (Å²) in [5, 5.41) is 22.0. The number of hydrogen-bond acceptors (Lipinski definition) is 6. The quantitative estimate of drug-likeness (QED) is 0.336. The first-order chi connectivity index (χ1) is 18.4. The number of aromatic carboxylic acids is 1. The molecule has 38 heavy (non-hydrogen) atoms. The first-order valence-electron chi connectivity index (χ1n) is 13.0. The lowest BCUT2D eigenvalue weighted by molar-refractivity contribution is -0.137. The molecule has 2 aliphatic rings. The zero-order chi connectivity index (χ0) is 27.1. The van der Waals surface area contributed by atoms with Gasteiger partial charge in [0.2, 0.25) is 0 Å². The molecule has 1 atom stereocenters. The van der Waals surface area contributed by atoms with Gasteiger partial charge in [-0.05, 0) is 48.4 Å². The Morgan fingerprint density at radius 3 is 2.53 bits per heavy atom. The summed E-state index contributed by atoms with van der Waals surface area (Å²) in [4.78, 5) is 38.1. The molecule has 0 aromatic heterocycles. The molecule has 1 amide bonds. The molecule has 202 valence electrons. The van der Waals surface area contributed by atoms with Crippen molar-refractivity contribution in [2.24, 2.45) is 5.92 Å². The Labute approximate surface area is 222 Å². The minimum absolute atomic E-state index is 0.0137. The smallest absolute Gasteiger partial charge is 0.339 e. The molecule has 9 heteroatoms. The number of nitrogens with one attached hydrogen (secondary N) is 1. The first-order valence-corrected chi connectivity index (χ1v) is 13.0. The first kappa shape index (κ1) is 27.2. The van der Waals surface area contributed by atoms with Crippen molar-refractivity contribution in [3.8, 4) is 11.5 Å². The molecule has 0 saturated heterocycles. The van der Waals surface area contributed by atoms with Gasteiger partial charge in [0.05, 0.1) is 0 Å². The molecule has 2 aromatic carbocycles. The summed E-state index contributed by atoms with van der Waals surface area (Å²) < 4.78 is 11.6. The second-order valence-corrected chi connectivity index (χ2v) is 9.84. The molecule has 1 fully saturated rings. The van der Waals surface area contributed by atoms with E-state index < -0.39 is 18.0 Å². The Morgan fingerprint density at radius 2 is 1.84 bits per heavy atom. The van der Waals surface area contributed by atoms with Gasteiger partial charge in [-0.1, -0.05) is 36.8 Å². The van der Waals surface area contributed by atoms with Gasteiger partial charge in [-0.25, -0.2) is 4.79 Å². The number of benzene rings is 2. The molecule has 0 unspecified atom stereocenters. The van der Waals surface area contributed by atoms with Gasteiger partial charge in [-0.15, -0.1) is 6.58 Å². The second-order valence-electron chi connectivity index (χ2n) is 9.84. The molecule has 1 aliphatic heterocycles. The normalized spacial score (nSPS) is 16.5. The predicted molar refractivity (Wildman–Crippen MR) is 141 cm³/mol. The lowest BCUT2D eigenvalue weighted by atomic mass is 9.85. The highest BCUT2D eigenvalue weighted by Gasteiger charge is 2.29. The summed E-state index contributed by atoms with van der Waals surface area (Å²) in [5.74, 6) is -1.18. The molecular formula is C29H34N2O7. The Hall–Kier alpha value is -3.85. The molecule has 9 nitrogen and oxygen atoms in total. The lowest BCUT2D eigenvalue weighted by Crippen LogP contribution is -2.33. The van der Waals surface area contributed by atoms with Crippen LogP contribution in [0.5, 0.6) is 11.5 Å². The lowest BCUT2D eigenvalue weighted by Gasteiger charge is -2.29. The average molecular weight is 523 g/mol. The number of nitrogens with zero attached hydrogens (tertiary/aromatic N) is 1. The Balaban J connectivity index is 1.51. The van der Waals surface area contributed by atoms with E-state index in [2.05, 4.69) is 11.9 Å². The molecule has 4 rings (SSSR count). The number of carbonyl (C=O) groups is 3. The third kappa shape index (κ3) is 6.72. The van der Waals surface area contributed by atoms with Crippen LogP contribution in [0.25, 0.3) is 0 Å². The molecule has 3 N–H and O–H groups in total. The number of aliphatic carboxylic acids is 1. The van der Waals surface area contributed by atoms with E-state index in [0.29, 0.717) is 36.7 Å². The van der Waals surface area contributed by atoms with Crippen LogP contribution in [0, 0.1) is 5.92 Å². The minimum atomic E-state index is -1.14. The van der Waals surface area contributed by atoms with Gasteiger partial charge in [0.15, 0.2) is 11.5 Å². The standard InChI is InChI=1S/C29H34N2O7/c1-2-14-31(16-20-8-3-4-9-23(20)28(34)30-15-19-6-5-7-19)17-21-10-12-24-27(26(21)29(35)36)37-18-22(38-24)11-13-25(32)33/h2-4,8-10,12,19,22H,1,5-7,11,13-18H2,(H,30,34)(H,32,33)(H,35,36)/t22-/m0/s1. The highest BCUT2D eigenvalue weighted by atomic mass is 16.6. The van der Waals surface area contributed by atoms with Crippen LogP contribution >= 0.6 is 0 Å². The largest absolute Gasteiger partial charge is 0.485 e. The van der Waals surface area contributed by atoms with E-state index in [1.165, 1.54) is 6.42 Å². The van der Waals surface area contributed by atoms with Crippen LogP contribution in [0.2, 0.25) is 0 Å². The third-order valence-corrected chi connectivity index (χ3v) is 7.02. The zero-order valence-corrected chi connectivity index (χ0v) is 21.4. The summed E-state index contributed by atoms with van der Waals surface area (Å²) in [7, 11) is 0. The topological polar surface area (TPSA) is 125 Å². The number of ether oxygens (including phenoxy) is 2. The van der Waals surface area contributed by atoms with Gasteiger partial charge in [-0.2, -0.15) is 0 Å². The van der Waals surface area contributed by atoms with E-state index in [1.807, 2.05) is 29.2 Å². The molecule has 2 aromatic rings. The van der Waals surface area contributed by atoms with Crippen LogP contribution in [0.1, 0.15) is 63.9 Å². The van der Waals surface area contributed by atoms with E-state index in [-0.39, 0.29) is 49.0 Å². The minimum Gasteiger partial charge on any atom is -0.485 e. The highest BCUT2D eigenvalue weighted by molar-refractivity contribution is 5.95. The summed E-state index contributed by atoms with van der Waals surface area (Å²) >= 11 is 0. The molecular weight excluding hydrogens is 488 g/mol. The fourth-order valence-corrected chi connectivity index (χ4v) is 4.78. The predicted octanol–water partition coefficient (Wildman–Crippen LogP) is 4.11. The van der Waals surface area contributed by atoms with Crippen molar-refractivity contribution in [3.05, 3.63) is 71.3 Å². The number of amides is 1. The van der Waals surface area contributed by atoms with Crippen molar-refractivity contribution in [1.29, 1.82) is 0 Å². The van der Waals surface area contributed by atoms with Crippen LogP contribution in [0.3, 0.4) is 0 Å². The molecule has 0 bridgehead atoms. The van der Waals surface area contributed by atoms with E-state index in [4.69, 9.17) is 14.6 Å². The van der Waals surface area contributed by atoms with Gasteiger partial charge in [0, 0.05) is 38.2 Å². The summed E-state index contributed by atoms with van der Waals surface area (Å²) in [5.41, 5.74) is 2.00. The maximum Gasteiger partial charge on any atom is 0.339 e. The number of carboxylic acid groups (broad SMARTS) is 2. The number of carbonyl (C=O) groups excluding carboxylic acids is 1. The van der Waals surface area contributed by atoms with E-state index in [0.717, 1.165) is 18.4 Å². The van der Waals surface area contributed by atoms with Crippen LogP contribution in [0.4, 0.5) is 0 Å². The van der Waals surface area contributed by atoms with Crippen molar-refractivity contribution in [2.45, 2.75) is 51.3 Å². The number of hydrogen-bond donors (Lipinski definition) is 3. The van der Waals surface area contributed by atoms with E-state index >= 15 is 0 Å². The monoisotopic (exact) mass is 522 g/mol. The van der Waals surface area contributed by atoms with E-state index in [1.54, 1.807) is 18.2 Å². The fourth-order valence-electron chi connectivity index (χ4n) is 4.78. The molecule has 0 radical (unpaired) electrons. The highest BCUT2D eigenvalue weighted by Crippen LogP contribution is 2.38. The van der Waals surface area contributed by atoms with Gasteiger partial charge in [0.1, 0.15) is 18.3 Å². The van der Waals surface area contributed by atoms with Crippen LogP contribution in [0.15, 0.2) is 49.1 Å². The SMILES string of the molecule is C=CCN(Cc1ccccc1C(=O)NCC1CCC1)Cc1ccc2c(c1C(=O)O)OC[C@H](CCC(=O)O)O2. The maximum atomic E-state index is 12.9. The molecule has 1 saturated carbocycles. The fraction of sp³-hybridized carbons (Fsp3) is 0.414. The maximum absolute atomic E-state index is 12.9. The van der Waals surface area contributed by atoms with Crippen LogP contribution in [-0.2, 0) is 17.9 Å². The zero-order valence-electron chi connectivity index (χ0n) is 21.4. The summed E-state index contributed by atoms with van der Waals surface area (Å²) in [6, 6.07) is 10.8. The Kier molecular flexibility index (Phi) is 9.02. The third-order valence-electron chi connectivity index (χ3n) is 7.02. The molecule has 1 heterocycles. The van der Waals surface area contributed by atoms with Crippen molar-refractivity contribution in [2.75, 3.05) is 19.7 Å². The van der Waals surface area contributed by atoms with Gasteiger partial charge in [0.25, 0.3) is 5.91 Å². The molecule has 0 spiro atoms. The number of rotatable bonds is 13. The Bertz CT molecular complexity index is 1190. The van der Waals surface area contributed by atoms with Gasteiger partial charge < -0.3 is 25.0 Å². The van der Waals surface area contributed by atoms with Gasteiger partial charge in [-0.3, -0.25) is 14.5 Å². The van der Waals surface area contributed by atoms with Crippen LogP contribution in [-0.4, -0.2) is 58.8 Å². The Morgan fingerprint density at radius 1 is 1.08 bits per heavy atom. The van der Waals surface area contributed by atoms with Crippen molar-refractivity contribution >= 4 is 17.8 Å². The summed E-state index contributed by atoms with van der Waals surface area (Å²) in [6.07, 6.45) is 5.00. The van der Waals surface area contributed by atoms with Crippen molar-refractivity contribution < 1.29 is 34.1 Å². The van der Waals surface area contributed by atoms with Gasteiger partial charge >= 0.3 is 11.9 Å². The second kappa shape index (κ2) is 12.6. The van der Waals surface area contributed by atoms with E-state index in [9.17, 15) is 19.5 Å². The van der Waals surface area contributed by atoms with Crippen molar-refractivity contribution in [1.82, 2.24) is 10.2 Å². The van der Waals surface area contributed by atoms with Crippen molar-refractivity contribution in [3.63, 3.8) is 0 Å². The number of fused-ring (bicyclic) bond motifs is 1.